The molecule has 3 heteroatoms. The van der Waals surface area contributed by atoms with Gasteiger partial charge >= 0.3 is 8.56 Å². The van der Waals surface area contributed by atoms with E-state index in [1.165, 1.54) is 53.5 Å². The van der Waals surface area contributed by atoms with Gasteiger partial charge in [-0.15, -0.1) is 0 Å². The number of hydrogen-bond acceptors (Lipinski definition) is 2. The number of benzene rings is 6. The van der Waals surface area contributed by atoms with Gasteiger partial charge in [0.05, 0.1) is 0 Å². The molecule has 0 amide bonds. The summed E-state index contributed by atoms with van der Waals surface area (Å²) in [5, 5.41) is 11.9. The van der Waals surface area contributed by atoms with Crippen molar-refractivity contribution < 1.29 is 8.85 Å². The first kappa shape index (κ1) is 20.1. The van der Waals surface area contributed by atoms with Crippen molar-refractivity contribution in [2.24, 2.45) is 0 Å². The monoisotopic (exact) mass is 444 g/mol. The van der Waals surface area contributed by atoms with Crippen LogP contribution in [0.3, 0.4) is 0 Å². The molecule has 0 aromatic heterocycles. The first-order chi connectivity index (χ1) is 16.3. The zero-order chi connectivity index (χ0) is 22.4. The van der Waals surface area contributed by atoms with Crippen molar-refractivity contribution in [3.63, 3.8) is 0 Å². The van der Waals surface area contributed by atoms with Crippen molar-refractivity contribution in [3.8, 4) is 0 Å². The third-order valence-electron chi connectivity index (χ3n) is 6.78. The molecule has 0 atom stereocenters. The molecule has 0 spiro atoms. The Kier molecular flexibility index (Phi) is 4.77. The van der Waals surface area contributed by atoms with Crippen molar-refractivity contribution >= 4 is 62.0 Å². The summed E-state index contributed by atoms with van der Waals surface area (Å²) in [6, 6.07) is 38.8. The lowest BCUT2D eigenvalue weighted by Crippen LogP contribution is -2.63. The third-order valence-corrected chi connectivity index (χ3v) is 10.3. The molecule has 0 heterocycles. The summed E-state index contributed by atoms with van der Waals surface area (Å²) in [5.74, 6) is 0. The van der Waals surface area contributed by atoms with E-state index in [4.69, 9.17) is 8.85 Å². The Balaban J connectivity index is 1.88. The van der Waals surface area contributed by atoms with Crippen LogP contribution < -0.4 is 10.4 Å². The Hall–Kier alpha value is -3.50. The summed E-state index contributed by atoms with van der Waals surface area (Å²) in [7, 11) is 0.463. The lowest BCUT2D eigenvalue weighted by atomic mass is 10.0. The minimum atomic E-state index is -3.15. The molecule has 0 saturated carbocycles. The fourth-order valence-electron chi connectivity index (χ4n) is 5.35. The van der Waals surface area contributed by atoms with Crippen LogP contribution in [-0.4, -0.2) is 22.8 Å². The summed E-state index contributed by atoms with van der Waals surface area (Å²) < 4.78 is 13.2. The molecule has 160 valence electrons. The van der Waals surface area contributed by atoms with Gasteiger partial charge in [0.2, 0.25) is 0 Å². The summed E-state index contributed by atoms with van der Waals surface area (Å²) >= 11 is 0. The lowest BCUT2D eigenvalue weighted by Gasteiger charge is -2.32. The van der Waals surface area contributed by atoms with E-state index in [-0.39, 0.29) is 0 Å². The fraction of sp³-hybridized carbons (Fsp3) is 0.0667. The van der Waals surface area contributed by atoms with E-state index in [0.717, 1.165) is 0 Å². The number of fused-ring (bicyclic) bond motifs is 4. The third kappa shape index (κ3) is 2.94. The van der Waals surface area contributed by atoms with Crippen molar-refractivity contribution in [1.29, 1.82) is 0 Å². The molecular weight excluding hydrogens is 420 g/mol. The smallest absolute Gasteiger partial charge is 0.391 e. The van der Waals surface area contributed by atoms with E-state index in [0.29, 0.717) is 0 Å². The average molecular weight is 445 g/mol. The highest BCUT2D eigenvalue weighted by molar-refractivity contribution is 6.98. The molecule has 0 N–H and O–H groups in total. The van der Waals surface area contributed by atoms with Crippen LogP contribution in [0.15, 0.2) is 109 Å². The molecule has 0 unspecified atom stereocenters. The first-order valence-corrected chi connectivity index (χ1v) is 13.0. The van der Waals surface area contributed by atoms with Gasteiger partial charge in [0.15, 0.2) is 0 Å². The second-order valence-electron chi connectivity index (χ2n) is 8.41. The summed E-state index contributed by atoms with van der Waals surface area (Å²) in [6.07, 6.45) is 0. The molecular formula is C30H24O2Si. The van der Waals surface area contributed by atoms with Crippen LogP contribution in [0.5, 0.6) is 0 Å². The zero-order valence-corrected chi connectivity index (χ0v) is 19.7. The Labute approximate surface area is 194 Å². The Morgan fingerprint density at radius 3 is 0.970 bits per heavy atom. The molecule has 0 aliphatic rings. The van der Waals surface area contributed by atoms with Crippen LogP contribution >= 0.6 is 0 Å². The number of hydrogen-bond donors (Lipinski definition) is 0. The Morgan fingerprint density at radius 2 is 0.697 bits per heavy atom. The van der Waals surface area contributed by atoms with E-state index in [1.807, 2.05) is 14.2 Å². The van der Waals surface area contributed by atoms with Gasteiger partial charge in [0.25, 0.3) is 0 Å². The Bertz CT molecular complexity index is 1420. The molecule has 0 aliphatic heterocycles. The van der Waals surface area contributed by atoms with Crippen molar-refractivity contribution in [2.75, 3.05) is 14.2 Å². The van der Waals surface area contributed by atoms with Crippen LogP contribution in [0.25, 0.3) is 43.1 Å². The van der Waals surface area contributed by atoms with E-state index < -0.39 is 8.56 Å². The normalized spacial score (nSPS) is 12.2. The molecule has 6 aromatic carbocycles. The largest absolute Gasteiger partial charge is 0.409 e. The highest BCUT2D eigenvalue weighted by Crippen LogP contribution is 2.30. The maximum absolute atomic E-state index is 6.61. The van der Waals surface area contributed by atoms with E-state index in [2.05, 4.69) is 109 Å². The summed E-state index contributed by atoms with van der Waals surface area (Å²) in [4.78, 5) is 0. The summed E-state index contributed by atoms with van der Waals surface area (Å²) in [6.45, 7) is 0. The maximum atomic E-state index is 6.61. The van der Waals surface area contributed by atoms with Gasteiger partial charge in [-0.25, -0.2) is 0 Å². The topological polar surface area (TPSA) is 18.5 Å². The molecule has 0 radical (unpaired) electrons. The van der Waals surface area contributed by atoms with Crippen molar-refractivity contribution in [2.45, 2.75) is 0 Å². The maximum Gasteiger partial charge on any atom is 0.409 e. The standard InChI is InChI=1S/C30H24O2Si/c1-31-33(32-2,29-25-15-7-3-11-21(25)19-22-12-4-8-16-26(22)29)30-27-17-9-5-13-23(27)20-24-14-6-10-18-28(24)30/h3-20H,1-2H3. The predicted octanol–water partition coefficient (Wildman–Crippen LogP) is 6.15. The minimum absolute atomic E-state index is 1.17. The van der Waals surface area contributed by atoms with E-state index >= 15 is 0 Å². The SMILES string of the molecule is CO[Si](OC)(c1c2ccccc2cc2ccccc12)c1c2ccccc2cc2ccccc12. The average Bonchev–Trinajstić information content (AvgIpc) is 2.88. The van der Waals surface area contributed by atoms with Gasteiger partial charge < -0.3 is 8.85 Å². The summed E-state index contributed by atoms with van der Waals surface area (Å²) in [5.41, 5.74) is 0. The molecule has 6 aromatic rings. The quantitative estimate of drug-likeness (QED) is 0.240. The highest BCUT2D eigenvalue weighted by Gasteiger charge is 2.45. The lowest BCUT2D eigenvalue weighted by molar-refractivity contribution is 0.274. The van der Waals surface area contributed by atoms with Crippen molar-refractivity contribution in [3.05, 3.63) is 109 Å². The fourth-order valence-corrected chi connectivity index (χ4v) is 8.92. The molecule has 2 nitrogen and oxygen atoms in total. The van der Waals surface area contributed by atoms with E-state index in [1.54, 1.807) is 0 Å². The molecule has 0 aliphatic carbocycles. The van der Waals surface area contributed by atoms with Crippen LogP contribution in [0.4, 0.5) is 0 Å². The van der Waals surface area contributed by atoms with Crippen LogP contribution in [-0.2, 0) is 8.85 Å². The molecule has 33 heavy (non-hydrogen) atoms. The van der Waals surface area contributed by atoms with Crippen LogP contribution in [0.1, 0.15) is 0 Å². The van der Waals surface area contributed by atoms with Gasteiger partial charge in [-0.3, -0.25) is 0 Å². The van der Waals surface area contributed by atoms with Crippen LogP contribution in [0, 0.1) is 0 Å². The van der Waals surface area contributed by atoms with Gasteiger partial charge in [0, 0.05) is 24.6 Å². The highest BCUT2D eigenvalue weighted by atomic mass is 28.4. The van der Waals surface area contributed by atoms with Gasteiger partial charge in [-0.05, 0) is 55.2 Å². The molecule has 0 saturated heterocycles. The van der Waals surface area contributed by atoms with Crippen LogP contribution in [0.2, 0.25) is 0 Å². The zero-order valence-electron chi connectivity index (χ0n) is 18.7. The van der Waals surface area contributed by atoms with Gasteiger partial charge in [0.1, 0.15) is 0 Å². The van der Waals surface area contributed by atoms with E-state index in [9.17, 15) is 0 Å². The second kappa shape index (κ2) is 7.82. The van der Waals surface area contributed by atoms with Gasteiger partial charge in [-0.1, -0.05) is 97.1 Å². The molecule has 0 bridgehead atoms. The van der Waals surface area contributed by atoms with Crippen molar-refractivity contribution in [1.82, 2.24) is 0 Å². The second-order valence-corrected chi connectivity index (χ2v) is 11.5. The minimum Gasteiger partial charge on any atom is -0.391 e. The first-order valence-electron chi connectivity index (χ1n) is 11.2. The molecule has 0 fully saturated rings. The number of rotatable bonds is 4. The Morgan fingerprint density at radius 1 is 0.424 bits per heavy atom. The molecule has 6 rings (SSSR count). The predicted molar refractivity (Wildman–Crippen MR) is 142 cm³/mol. The van der Waals surface area contributed by atoms with Gasteiger partial charge in [-0.2, -0.15) is 0 Å².